The first kappa shape index (κ1) is 16.3. The monoisotopic (exact) mass is 328 g/mol. The van der Waals surface area contributed by atoms with Gasteiger partial charge in [-0.3, -0.25) is 4.79 Å². The Balaban J connectivity index is 2.14. The van der Waals surface area contributed by atoms with E-state index in [1.54, 1.807) is 6.07 Å². The van der Waals surface area contributed by atoms with E-state index in [0.717, 1.165) is 17.6 Å². The van der Waals surface area contributed by atoms with Crippen molar-refractivity contribution in [2.75, 3.05) is 6.54 Å². The highest BCUT2D eigenvalue weighted by Gasteiger charge is 2.20. The van der Waals surface area contributed by atoms with Crippen LogP contribution in [0.5, 0.6) is 0 Å². The van der Waals surface area contributed by atoms with Crippen molar-refractivity contribution < 1.29 is 13.6 Å². The summed E-state index contributed by atoms with van der Waals surface area (Å²) in [5.74, 6) is -1.07. The van der Waals surface area contributed by atoms with E-state index in [9.17, 15) is 13.6 Å². The maximum atomic E-state index is 14.2. The first-order valence-electron chi connectivity index (χ1n) is 7.88. The molecular weight excluding hydrogens is 310 g/mol. The number of carbonyl (C=O) groups excluding carboxylic acids is 1. The molecule has 1 saturated heterocycles. The first-order valence-corrected chi connectivity index (χ1v) is 7.88. The van der Waals surface area contributed by atoms with Crippen LogP contribution in [0, 0.1) is 18.7 Å². The van der Waals surface area contributed by atoms with Crippen LogP contribution in [0.4, 0.5) is 8.78 Å². The van der Waals surface area contributed by atoms with Crippen LogP contribution in [-0.4, -0.2) is 17.4 Å². The van der Waals surface area contributed by atoms with Crippen molar-refractivity contribution >= 4 is 11.5 Å². The summed E-state index contributed by atoms with van der Waals surface area (Å²) in [5, 5.41) is 2.83. The number of allylic oxidation sites excluding steroid dienone is 1. The van der Waals surface area contributed by atoms with E-state index in [2.05, 4.69) is 10.3 Å². The molecule has 0 radical (unpaired) electrons. The number of piperidine rings is 1. The van der Waals surface area contributed by atoms with Gasteiger partial charge in [-0.15, -0.1) is 0 Å². The molecule has 1 aromatic carbocycles. The highest BCUT2D eigenvalue weighted by molar-refractivity contribution is 6.02. The van der Waals surface area contributed by atoms with E-state index < -0.39 is 11.8 Å². The predicted molar refractivity (Wildman–Crippen MR) is 89.2 cm³/mol. The van der Waals surface area contributed by atoms with Crippen LogP contribution < -0.4 is 5.32 Å². The first-order chi connectivity index (χ1) is 11.5. The van der Waals surface area contributed by atoms with E-state index in [0.29, 0.717) is 35.2 Å². The van der Waals surface area contributed by atoms with Crippen molar-refractivity contribution in [3.05, 3.63) is 58.9 Å². The molecule has 1 aromatic heterocycles. The third-order valence-electron chi connectivity index (χ3n) is 4.43. The molecule has 0 bridgehead atoms. The molecular formula is C19H18F2N2O. The number of carbonyl (C=O) groups is 1. The fourth-order valence-electron chi connectivity index (χ4n) is 3.11. The SMILES string of the molecule is C/C(=C1/CCCNC1=O)c1cc(F)cc(-c2ccc(F)nc2)c1C. The Morgan fingerprint density at radius 3 is 2.71 bits per heavy atom. The second-order valence-electron chi connectivity index (χ2n) is 5.96. The van der Waals surface area contributed by atoms with Crippen molar-refractivity contribution in [2.24, 2.45) is 0 Å². The number of pyridine rings is 1. The summed E-state index contributed by atoms with van der Waals surface area (Å²) in [6, 6.07) is 5.68. The minimum atomic E-state index is -0.579. The zero-order valence-electron chi connectivity index (χ0n) is 13.6. The van der Waals surface area contributed by atoms with Crippen LogP contribution in [-0.2, 0) is 4.79 Å². The fraction of sp³-hybridized carbons (Fsp3) is 0.263. The second-order valence-corrected chi connectivity index (χ2v) is 5.96. The fourth-order valence-corrected chi connectivity index (χ4v) is 3.11. The zero-order valence-corrected chi connectivity index (χ0v) is 13.6. The van der Waals surface area contributed by atoms with Crippen LogP contribution in [0.15, 0.2) is 36.0 Å². The largest absolute Gasteiger partial charge is 0.352 e. The van der Waals surface area contributed by atoms with Gasteiger partial charge in [0.25, 0.3) is 0 Å². The Hall–Kier alpha value is -2.56. The van der Waals surface area contributed by atoms with Crippen molar-refractivity contribution in [1.29, 1.82) is 0 Å². The van der Waals surface area contributed by atoms with E-state index in [4.69, 9.17) is 0 Å². The summed E-state index contributed by atoms with van der Waals surface area (Å²) in [6.45, 7) is 4.39. The number of benzene rings is 1. The number of rotatable bonds is 2. The number of hydrogen-bond acceptors (Lipinski definition) is 2. The Morgan fingerprint density at radius 1 is 1.25 bits per heavy atom. The van der Waals surface area contributed by atoms with Crippen LogP contribution >= 0.6 is 0 Å². The third kappa shape index (κ3) is 3.07. The molecule has 0 unspecified atom stereocenters. The van der Waals surface area contributed by atoms with Gasteiger partial charge in [0.15, 0.2) is 0 Å². The summed E-state index contributed by atoms with van der Waals surface area (Å²) in [4.78, 5) is 15.7. The highest BCUT2D eigenvalue weighted by atomic mass is 19.1. The molecule has 0 atom stereocenters. The highest BCUT2D eigenvalue weighted by Crippen LogP contribution is 2.33. The van der Waals surface area contributed by atoms with Gasteiger partial charge < -0.3 is 5.32 Å². The maximum absolute atomic E-state index is 14.2. The summed E-state index contributed by atoms with van der Waals surface area (Å²) < 4.78 is 27.2. The van der Waals surface area contributed by atoms with Gasteiger partial charge in [0.05, 0.1) is 0 Å². The maximum Gasteiger partial charge on any atom is 0.247 e. The van der Waals surface area contributed by atoms with Gasteiger partial charge in [-0.05, 0) is 73.2 Å². The molecule has 1 fully saturated rings. The molecule has 5 heteroatoms. The minimum Gasteiger partial charge on any atom is -0.352 e. The lowest BCUT2D eigenvalue weighted by Gasteiger charge is -2.20. The molecule has 3 rings (SSSR count). The van der Waals surface area contributed by atoms with Crippen molar-refractivity contribution in [3.8, 4) is 11.1 Å². The van der Waals surface area contributed by atoms with Gasteiger partial charge in [-0.2, -0.15) is 4.39 Å². The smallest absolute Gasteiger partial charge is 0.247 e. The molecule has 2 heterocycles. The topological polar surface area (TPSA) is 42.0 Å². The van der Waals surface area contributed by atoms with Gasteiger partial charge in [-0.1, -0.05) is 0 Å². The standard InChI is InChI=1S/C19H18F2N2O/c1-11(15-4-3-7-22-19(15)24)16-8-14(20)9-17(12(16)2)13-5-6-18(21)23-10-13/h5-6,8-10H,3-4,7H2,1-2H3,(H,22,24)/b15-11+. The Kier molecular flexibility index (Phi) is 4.42. The van der Waals surface area contributed by atoms with Crippen LogP contribution in [0.25, 0.3) is 16.7 Å². The molecule has 3 nitrogen and oxygen atoms in total. The van der Waals surface area contributed by atoms with Crippen LogP contribution in [0.1, 0.15) is 30.9 Å². The van der Waals surface area contributed by atoms with Crippen LogP contribution in [0.2, 0.25) is 0 Å². The van der Waals surface area contributed by atoms with Gasteiger partial charge >= 0.3 is 0 Å². The summed E-state index contributed by atoms with van der Waals surface area (Å²) in [5.41, 5.74) is 4.29. The van der Waals surface area contributed by atoms with E-state index >= 15 is 0 Å². The van der Waals surface area contributed by atoms with Crippen molar-refractivity contribution in [2.45, 2.75) is 26.7 Å². The van der Waals surface area contributed by atoms with E-state index in [1.807, 2.05) is 13.8 Å². The number of nitrogens with zero attached hydrogens (tertiary/aromatic N) is 1. The average Bonchev–Trinajstić information content (AvgIpc) is 2.57. The molecule has 1 amide bonds. The van der Waals surface area contributed by atoms with E-state index in [-0.39, 0.29) is 5.91 Å². The molecule has 0 aliphatic carbocycles. The number of nitrogens with one attached hydrogen (secondary N) is 1. The van der Waals surface area contributed by atoms with Gasteiger partial charge in [0, 0.05) is 23.9 Å². The Labute approximate surface area is 139 Å². The molecule has 1 N–H and O–H groups in total. The zero-order chi connectivity index (χ0) is 17.3. The minimum absolute atomic E-state index is 0.0904. The number of amides is 1. The molecule has 2 aromatic rings. The second kappa shape index (κ2) is 6.51. The molecule has 124 valence electrons. The molecule has 1 aliphatic heterocycles. The lowest BCUT2D eigenvalue weighted by molar-refractivity contribution is -0.118. The molecule has 0 saturated carbocycles. The van der Waals surface area contributed by atoms with Crippen LogP contribution in [0.3, 0.4) is 0 Å². The Bertz CT molecular complexity index is 826. The third-order valence-corrected chi connectivity index (χ3v) is 4.43. The molecule has 24 heavy (non-hydrogen) atoms. The molecule has 1 aliphatic rings. The summed E-state index contributed by atoms with van der Waals surface area (Å²) in [7, 11) is 0. The number of aromatic nitrogens is 1. The van der Waals surface area contributed by atoms with Gasteiger partial charge in [0.2, 0.25) is 11.9 Å². The van der Waals surface area contributed by atoms with E-state index in [1.165, 1.54) is 24.4 Å². The normalized spacial score (nSPS) is 16.8. The lowest BCUT2D eigenvalue weighted by atomic mass is 9.89. The van der Waals surface area contributed by atoms with Crippen molar-refractivity contribution in [3.63, 3.8) is 0 Å². The number of halogens is 2. The number of hydrogen-bond donors (Lipinski definition) is 1. The lowest BCUT2D eigenvalue weighted by Crippen LogP contribution is -2.31. The van der Waals surface area contributed by atoms with Crippen molar-refractivity contribution in [1.82, 2.24) is 10.3 Å². The average molecular weight is 328 g/mol. The summed E-state index contributed by atoms with van der Waals surface area (Å²) >= 11 is 0. The summed E-state index contributed by atoms with van der Waals surface area (Å²) in [6.07, 6.45) is 2.94. The Morgan fingerprint density at radius 2 is 2.04 bits per heavy atom. The molecule has 0 spiro atoms. The quantitative estimate of drug-likeness (QED) is 0.668. The predicted octanol–water partition coefficient (Wildman–Crippen LogP) is 4.02. The van der Waals surface area contributed by atoms with Gasteiger partial charge in [-0.25, -0.2) is 9.37 Å². The van der Waals surface area contributed by atoms with Gasteiger partial charge in [0.1, 0.15) is 5.82 Å².